The molecule has 0 saturated carbocycles. The van der Waals surface area contributed by atoms with Gasteiger partial charge in [0, 0.05) is 70.2 Å². The normalized spacial score (nSPS) is 19.9. The fraction of sp³-hybridized carbons (Fsp3) is 0.581. The number of piperidine rings is 2. The minimum Gasteiger partial charge on any atom is -0.372 e. The van der Waals surface area contributed by atoms with Crippen LogP contribution < -0.4 is 15.5 Å². The first kappa shape index (κ1) is 30.3. The van der Waals surface area contributed by atoms with E-state index in [4.69, 9.17) is 6.57 Å². The Bertz CT molecular complexity index is 1220. The maximum absolute atomic E-state index is 13.4. The highest BCUT2D eigenvalue weighted by Gasteiger charge is 2.34. The van der Waals surface area contributed by atoms with Gasteiger partial charge >= 0.3 is 6.18 Å². The third kappa shape index (κ3) is 8.00. The van der Waals surface area contributed by atoms with Crippen LogP contribution in [0.15, 0.2) is 36.5 Å². The second-order valence-corrected chi connectivity index (χ2v) is 11.7. The molecule has 0 atom stereocenters. The summed E-state index contributed by atoms with van der Waals surface area (Å²) in [6, 6.07) is 7.67. The number of nitrogens with one attached hydrogen (secondary N) is 2. The van der Waals surface area contributed by atoms with Gasteiger partial charge in [-0.15, -0.1) is 0 Å². The summed E-state index contributed by atoms with van der Waals surface area (Å²) in [6.07, 6.45) is 1.75. The molecule has 1 aromatic heterocycles. The molecule has 0 spiro atoms. The minimum absolute atomic E-state index is 0.113. The first-order chi connectivity index (χ1) is 20.3. The average molecular weight is 584 g/mol. The zero-order chi connectivity index (χ0) is 29.5. The van der Waals surface area contributed by atoms with Gasteiger partial charge in [-0.25, -0.2) is 9.83 Å². The monoisotopic (exact) mass is 583 g/mol. The molecule has 3 aliphatic heterocycles. The van der Waals surface area contributed by atoms with Gasteiger partial charge in [0.1, 0.15) is 5.82 Å². The van der Waals surface area contributed by atoms with Gasteiger partial charge < -0.3 is 25.3 Å². The molecule has 0 bridgehead atoms. The smallest absolute Gasteiger partial charge is 0.372 e. The summed E-state index contributed by atoms with van der Waals surface area (Å²) in [4.78, 5) is 27.3. The number of anilines is 2. The lowest BCUT2D eigenvalue weighted by atomic mass is 9.95. The summed E-state index contributed by atoms with van der Waals surface area (Å²) in [5, 5.41) is 6.34. The molecule has 4 heterocycles. The number of halogens is 3. The van der Waals surface area contributed by atoms with E-state index in [1.54, 1.807) is 6.07 Å². The Morgan fingerprint density at radius 3 is 2.38 bits per heavy atom. The summed E-state index contributed by atoms with van der Waals surface area (Å²) in [5.41, 5.74) is 0.243. The van der Waals surface area contributed by atoms with E-state index in [9.17, 15) is 18.0 Å². The predicted octanol–water partition coefficient (Wildman–Crippen LogP) is 4.67. The quantitative estimate of drug-likeness (QED) is 0.441. The van der Waals surface area contributed by atoms with E-state index in [0.29, 0.717) is 37.4 Å². The third-order valence-corrected chi connectivity index (χ3v) is 8.86. The van der Waals surface area contributed by atoms with E-state index in [-0.39, 0.29) is 11.8 Å². The number of alkyl halides is 3. The number of nitrogens with zero attached hydrogens (tertiary/aromatic N) is 5. The maximum atomic E-state index is 13.4. The van der Waals surface area contributed by atoms with Crippen LogP contribution in [-0.2, 0) is 17.4 Å². The van der Waals surface area contributed by atoms with Crippen molar-refractivity contribution in [3.8, 4) is 0 Å². The highest BCUT2D eigenvalue weighted by Crippen LogP contribution is 2.39. The number of pyridine rings is 1. The number of hydrogen-bond acceptors (Lipinski definition) is 6. The van der Waals surface area contributed by atoms with Crippen LogP contribution in [0.2, 0.25) is 0 Å². The third-order valence-electron chi connectivity index (χ3n) is 8.86. The van der Waals surface area contributed by atoms with Gasteiger partial charge in [-0.3, -0.25) is 4.79 Å². The average Bonchev–Trinajstić information content (AvgIpc) is 3.01. The van der Waals surface area contributed by atoms with Gasteiger partial charge in [0.15, 0.2) is 5.69 Å². The highest BCUT2D eigenvalue weighted by molar-refractivity contribution is 5.91. The van der Waals surface area contributed by atoms with Crippen molar-refractivity contribution in [2.75, 3.05) is 75.7 Å². The Kier molecular flexibility index (Phi) is 9.98. The summed E-state index contributed by atoms with van der Waals surface area (Å²) >= 11 is 0. The number of rotatable bonds is 8. The first-order valence-electron chi connectivity index (χ1n) is 15.0. The van der Waals surface area contributed by atoms with Gasteiger partial charge in [0.25, 0.3) is 0 Å². The van der Waals surface area contributed by atoms with Crippen molar-refractivity contribution in [2.24, 2.45) is 11.8 Å². The fourth-order valence-corrected chi connectivity index (χ4v) is 6.26. The molecule has 3 saturated heterocycles. The van der Waals surface area contributed by atoms with Crippen LogP contribution in [-0.4, -0.2) is 86.1 Å². The Morgan fingerprint density at radius 1 is 1.00 bits per heavy atom. The Hall–Kier alpha value is -3.20. The van der Waals surface area contributed by atoms with E-state index in [2.05, 4.69) is 30.3 Å². The van der Waals surface area contributed by atoms with Gasteiger partial charge in [0.2, 0.25) is 5.91 Å². The molecule has 0 radical (unpaired) electrons. The lowest BCUT2D eigenvalue weighted by molar-refractivity contribution is -0.136. The molecular weight excluding hydrogens is 543 g/mol. The topological polar surface area (TPSA) is 68.1 Å². The molecule has 8 nitrogen and oxygen atoms in total. The lowest BCUT2D eigenvalue weighted by Gasteiger charge is -2.36. The largest absolute Gasteiger partial charge is 0.407 e. The number of likely N-dealkylation sites (tertiary alicyclic amines) is 1. The summed E-state index contributed by atoms with van der Waals surface area (Å²) in [5.74, 6) is 0.972. The molecule has 3 aliphatic rings. The predicted molar refractivity (Wildman–Crippen MR) is 158 cm³/mol. The van der Waals surface area contributed by atoms with Crippen LogP contribution in [0.3, 0.4) is 0 Å². The second-order valence-electron chi connectivity index (χ2n) is 11.7. The molecule has 1 amide bonds. The Labute approximate surface area is 246 Å². The number of hydrogen-bond donors (Lipinski definition) is 2. The molecule has 11 heteroatoms. The van der Waals surface area contributed by atoms with Crippen molar-refractivity contribution in [3.05, 3.63) is 59.1 Å². The molecule has 5 rings (SSSR count). The Balaban J connectivity index is 1.03. The van der Waals surface area contributed by atoms with Crippen molar-refractivity contribution >= 4 is 23.1 Å². The van der Waals surface area contributed by atoms with Crippen molar-refractivity contribution in [2.45, 2.75) is 38.3 Å². The van der Waals surface area contributed by atoms with Crippen molar-refractivity contribution < 1.29 is 18.0 Å². The summed E-state index contributed by atoms with van der Waals surface area (Å²) < 4.78 is 40.1. The molecule has 226 valence electrons. The molecule has 1 aromatic carbocycles. The minimum atomic E-state index is -4.58. The van der Waals surface area contributed by atoms with Gasteiger partial charge in [-0.05, 0) is 74.9 Å². The van der Waals surface area contributed by atoms with Crippen LogP contribution in [0.25, 0.3) is 4.85 Å². The standard InChI is InChI=1S/C31H40F3N7O/c1-35-28-4-3-26(20-27(28)31(32,33)34)41-16-9-25(10-17-41)30(42)38-29-5-2-23(21-37-29)6-13-39-14-7-24(8-15-39)22-40-18-11-36-12-19-40/h2-5,20-21,24-25,36H,6-19,22H2,(H,37,38,42). The maximum Gasteiger partial charge on any atom is 0.407 e. The van der Waals surface area contributed by atoms with E-state index >= 15 is 0 Å². The van der Waals surface area contributed by atoms with Crippen LogP contribution in [0.1, 0.15) is 36.8 Å². The SMILES string of the molecule is [C-]#[N+]c1ccc(N2CCC(C(=O)Nc3ccc(CCN4CCC(CN5CCNCC5)CC4)cn3)CC2)cc1C(F)(F)F. The lowest BCUT2D eigenvalue weighted by Crippen LogP contribution is -2.47. The van der Waals surface area contributed by atoms with Crippen LogP contribution in [0.5, 0.6) is 0 Å². The van der Waals surface area contributed by atoms with Gasteiger partial charge in [0.05, 0.1) is 12.1 Å². The van der Waals surface area contributed by atoms with E-state index in [1.807, 2.05) is 23.2 Å². The fourth-order valence-electron chi connectivity index (χ4n) is 6.26. The Morgan fingerprint density at radius 2 is 1.74 bits per heavy atom. The molecule has 2 aromatic rings. The number of piperazine rings is 1. The van der Waals surface area contributed by atoms with E-state index in [0.717, 1.165) is 56.7 Å². The highest BCUT2D eigenvalue weighted by atomic mass is 19.4. The number of carbonyl (C=O) groups excluding carboxylic acids is 1. The molecule has 0 unspecified atom stereocenters. The molecule has 2 N–H and O–H groups in total. The molecule has 0 aliphatic carbocycles. The molecule has 3 fully saturated rings. The van der Waals surface area contributed by atoms with Gasteiger partial charge in [-0.2, -0.15) is 13.2 Å². The summed E-state index contributed by atoms with van der Waals surface area (Å²) in [7, 11) is 0. The first-order valence-corrected chi connectivity index (χ1v) is 15.0. The van der Waals surface area contributed by atoms with E-state index in [1.165, 1.54) is 38.5 Å². The van der Waals surface area contributed by atoms with Crippen LogP contribution in [0, 0.1) is 18.4 Å². The van der Waals surface area contributed by atoms with Crippen LogP contribution >= 0.6 is 0 Å². The number of aromatic nitrogens is 1. The van der Waals surface area contributed by atoms with Crippen molar-refractivity contribution in [1.29, 1.82) is 0 Å². The van der Waals surface area contributed by atoms with Crippen molar-refractivity contribution in [1.82, 2.24) is 20.1 Å². The van der Waals surface area contributed by atoms with Crippen LogP contribution in [0.4, 0.5) is 30.4 Å². The number of benzene rings is 1. The zero-order valence-electron chi connectivity index (χ0n) is 24.0. The van der Waals surface area contributed by atoms with Gasteiger partial charge in [-0.1, -0.05) is 12.1 Å². The second kappa shape index (κ2) is 13.8. The zero-order valence-corrected chi connectivity index (χ0v) is 24.0. The number of carbonyl (C=O) groups is 1. The molecular formula is C31H40F3N7O. The number of amides is 1. The van der Waals surface area contributed by atoms with E-state index < -0.39 is 17.4 Å². The van der Waals surface area contributed by atoms with Crippen molar-refractivity contribution in [3.63, 3.8) is 0 Å². The summed E-state index contributed by atoms with van der Waals surface area (Å²) in [6.45, 7) is 17.0. The molecule has 42 heavy (non-hydrogen) atoms.